The third-order valence-electron chi connectivity index (χ3n) is 16.8. The summed E-state index contributed by atoms with van der Waals surface area (Å²) in [6.45, 7) is 13.4. The molecule has 2 aliphatic carbocycles. The molecule has 3 saturated heterocycles. The smallest absolute Gasteiger partial charge is 0.293 e. The molecule has 4 aromatic carbocycles. The number of aromatic amines is 1. The van der Waals surface area contributed by atoms with Crippen LogP contribution in [0.3, 0.4) is 0 Å². The predicted molar refractivity (Wildman–Crippen MR) is 291 cm³/mol. The molecule has 1 spiro atoms. The molecule has 0 bridgehead atoms. The number of nitro groups is 1. The first kappa shape index (κ1) is 52.4. The number of pyridine rings is 1. The molecule has 406 valence electrons. The number of H-pyrrole nitrogens is 1. The Kier molecular flexibility index (Phi) is 14.3. The number of aromatic nitrogens is 2. The highest BCUT2D eigenvalue weighted by Crippen LogP contribution is 2.54. The number of sulfonamides is 1. The zero-order valence-corrected chi connectivity index (χ0v) is 44.8. The molecule has 4 N–H and O–H groups in total. The number of hydrogen-bond donors (Lipinski definition) is 4. The fraction of sp³-hybridized carbons (Fsp3) is 0.448. The Labute approximate surface area is 448 Å². The van der Waals surface area contributed by atoms with Crippen molar-refractivity contribution < 1.29 is 41.8 Å². The van der Waals surface area contributed by atoms with Crippen LogP contribution in [0.5, 0.6) is 17.2 Å². The van der Waals surface area contributed by atoms with Crippen LogP contribution in [0.25, 0.3) is 11.0 Å². The number of benzene rings is 4. The van der Waals surface area contributed by atoms with Gasteiger partial charge in [-0.25, -0.2) is 22.5 Å². The van der Waals surface area contributed by atoms with Crippen LogP contribution in [-0.4, -0.2) is 115 Å². The summed E-state index contributed by atoms with van der Waals surface area (Å²) in [5.74, 6) is 0.418. The molecule has 2 aromatic heterocycles. The molecule has 5 aliphatic rings. The SMILES string of the molecule is COc1cc(CN2CCN(C3CC4(C3)CN(c3ccc(C(=O)NS(=O)(=O)c5ccc(NCC6CCC(C)(O)CC6)c([N+](=O)[O-])c5)c(Oc5cnc6[nH]cc(F)c6c5)c3)C4)[C@H](c3ccccc3C(C)C)C2)ccc1C1COC1. The van der Waals surface area contributed by atoms with Crippen molar-refractivity contribution in [3.63, 3.8) is 0 Å². The Balaban J connectivity index is 0.790. The highest BCUT2D eigenvalue weighted by Gasteiger charge is 2.55. The summed E-state index contributed by atoms with van der Waals surface area (Å²) >= 11 is 0. The van der Waals surface area contributed by atoms with E-state index in [1.165, 1.54) is 58.9 Å². The Bertz CT molecular complexity index is 3310. The molecule has 0 radical (unpaired) electrons. The number of nitrogens with zero attached hydrogens (tertiary/aromatic N) is 5. The number of anilines is 2. The number of fused-ring (bicyclic) bond motifs is 1. The van der Waals surface area contributed by atoms with Gasteiger partial charge in [-0.15, -0.1) is 0 Å². The van der Waals surface area contributed by atoms with Crippen molar-refractivity contribution in [1.29, 1.82) is 0 Å². The zero-order valence-electron chi connectivity index (χ0n) is 44.0. The fourth-order valence-electron chi connectivity index (χ4n) is 12.4. The number of nitro benzene ring substituents is 1. The number of hydrogen-bond acceptors (Lipinski definition) is 14. The molecular formula is C58H67FN8O9S. The van der Waals surface area contributed by atoms with Crippen molar-refractivity contribution >= 4 is 44.0 Å². The van der Waals surface area contributed by atoms with Crippen LogP contribution in [-0.2, 0) is 21.3 Å². The summed E-state index contributed by atoms with van der Waals surface area (Å²) in [6, 6.07) is 26.0. The second-order valence-electron chi connectivity index (χ2n) is 22.7. The Hall–Kier alpha value is -6.64. The third-order valence-corrected chi connectivity index (χ3v) is 18.2. The van der Waals surface area contributed by atoms with Crippen LogP contribution in [0.15, 0.2) is 102 Å². The first-order valence-corrected chi connectivity index (χ1v) is 28.2. The van der Waals surface area contributed by atoms with Gasteiger partial charge in [-0.1, -0.05) is 50.2 Å². The van der Waals surface area contributed by atoms with Gasteiger partial charge in [0.2, 0.25) is 0 Å². The Morgan fingerprint density at radius 2 is 1.78 bits per heavy atom. The number of aliphatic hydroxyl groups is 1. The topological polar surface area (TPSA) is 205 Å². The van der Waals surface area contributed by atoms with Gasteiger partial charge in [0, 0.05) is 98.8 Å². The molecule has 1 amide bonds. The minimum absolute atomic E-state index is 0.0152. The number of amides is 1. The quantitative estimate of drug-likeness (QED) is 0.0496. The van der Waals surface area contributed by atoms with Gasteiger partial charge in [0.1, 0.15) is 34.4 Å². The first-order valence-electron chi connectivity index (χ1n) is 26.8. The fourth-order valence-corrected chi connectivity index (χ4v) is 13.4. The molecule has 5 heterocycles. The largest absolute Gasteiger partial charge is 0.496 e. The van der Waals surface area contributed by atoms with Crippen LogP contribution >= 0.6 is 0 Å². The summed E-state index contributed by atoms with van der Waals surface area (Å²) in [6.07, 6.45) is 7.35. The number of carbonyl (C=O) groups is 1. The lowest BCUT2D eigenvalue weighted by Crippen LogP contribution is -2.68. The Morgan fingerprint density at radius 3 is 2.51 bits per heavy atom. The second-order valence-corrected chi connectivity index (χ2v) is 24.4. The number of methoxy groups -OCH3 is 1. The first-order chi connectivity index (χ1) is 36.9. The van der Waals surface area contributed by atoms with Gasteiger partial charge >= 0.3 is 0 Å². The summed E-state index contributed by atoms with van der Waals surface area (Å²) in [4.78, 5) is 39.8. The zero-order chi connectivity index (χ0) is 53.8. The second kappa shape index (κ2) is 21.0. The van der Waals surface area contributed by atoms with Crippen molar-refractivity contribution in [2.24, 2.45) is 11.3 Å². The number of piperazine rings is 1. The lowest BCUT2D eigenvalue weighted by atomic mass is 9.59. The maximum absolute atomic E-state index is 14.7. The maximum Gasteiger partial charge on any atom is 0.293 e. The average Bonchev–Trinajstić information content (AvgIpc) is 3.78. The lowest BCUT2D eigenvalue weighted by molar-refractivity contribution is -0.384. The third kappa shape index (κ3) is 10.8. The summed E-state index contributed by atoms with van der Waals surface area (Å²) in [7, 11) is -2.90. The monoisotopic (exact) mass is 1070 g/mol. The standard InChI is InChI=1S/C58H67FN8O9S/c1-36(2)44-7-5-6-8-46(44)52-31-64(30-38-9-12-45(39-32-75-33-39)53(21-38)74-4)19-20-66(52)41-25-58(26-41)34-65(35-58)40-10-13-47(54(22-40)76-42-23-48-49(59)29-62-55(48)61-28-42)56(68)63-77(72,73)43-11-14-50(51(24-43)67(70)71)60-27-37-15-17-57(3,69)18-16-37/h5-14,21-24,28-29,36-37,39,41,52,60,69H,15-20,25-27,30-35H2,1-4H3,(H,61,62)(H,63,68)/t37?,52-,57?/m0/s1. The van der Waals surface area contributed by atoms with Gasteiger partial charge in [-0.3, -0.25) is 24.7 Å². The molecule has 1 atom stereocenters. The van der Waals surface area contributed by atoms with E-state index in [4.69, 9.17) is 14.2 Å². The predicted octanol–water partition coefficient (Wildman–Crippen LogP) is 9.65. The van der Waals surface area contributed by atoms with E-state index in [9.17, 15) is 32.8 Å². The van der Waals surface area contributed by atoms with E-state index < -0.39 is 42.9 Å². The minimum Gasteiger partial charge on any atom is -0.496 e. The lowest BCUT2D eigenvalue weighted by Gasteiger charge is -2.63. The molecule has 17 nitrogen and oxygen atoms in total. The number of halogens is 1. The average molecular weight is 1070 g/mol. The van der Waals surface area contributed by atoms with Crippen LogP contribution < -0.4 is 24.4 Å². The molecule has 3 aliphatic heterocycles. The van der Waals surface area contributed by atoms with Gasteiger partial charge in [-0.2, -0.15) is 0 Å². The van der Waals surface area contributed by atoms with Gasteiger partial charge in [-0.05, 0) is 110 Å². The van der Waals surface area contributed by atoms with Crippen LogP contribution in [0.4, 0.5) is 21.5 Å². The molecular weight excluding hydrogens is 1000 g/mol. The molecule has 6 aromatic rings. The van der Waals surface area contributed by atoms with Crippen LogP contribution in [0, 0.1) is 27.3 Å². The van der Waals surface area contributed by atoms with E-state index in [0.29, 0.717) is 42.9 Å². The number of nitrogens with one attached hydrogen (secondary N) is 3. The summed E-state index contributed by atoms with van der Waals surface area (Å²) < 4.78 is 62.2. The van der Waals surface area contributed by atoms with E-state index in [1.54, 1.807) is 26.2 Å². The molecule has 0 unspecified atom stereocenters. The maximum atomic E-state index is 14.7. The number of rotatable bonds is 17. The minimum atomic E-state index is -4.65. The molecule has 77 heavy (non-hydrogen) atoms. The Morgan fingerprint density at radius 1 is 1.00 bits per heavy atom. The van der Waals surface area contributed by atoms with Crippen LogP contribution in [0.1, 0.15) is 110 Å². The van der Waals surface area contributed by atoms with E-state index in [0.717, 1.165) is 95.7 Å². The van der Waals surface area contributed by atoms with E-state index in [2.05, 4.69) is 91.0 Å². The van der Waals surface area contributed by atoms with Crippen molar-refractivity contribution in [2.75, 3.05) is 69.8 Å². The summed E-state index contributed by atoms with van der Waals surface area (Å²) in [5.41, 5.74) is 5.17. The number of ether oxygens (including phenoxy) is 3. The van der Waals surface area contributed by atoms with Crippen molar-refractivity contribution in [3.8, 4) is 17.2 Å². The number of carbonyl (C=O) groups excluding carboxylic acids is 1. The van der Waals surface area contributed by atoms with E-state index in [1.807, 2.05) is 0 Å². The van der Waals surface area contributed by atoms with Crippen molar-refractivity contribution in [3.05, 3.63) is 141 Å². The highest BCUT2D eigenvalue weighted by molar-refractivity contribution is 7.90. The van der Waals surface area contributed by atoms with Gasteiger partial charge in [0.25, 0.3) is 21.6 Å². The van der Waals surface area contributed by atoms with Gasteiger partial charge in [0.05, 0.1) is 52.9 Å². The van der Waals surface area contributed by atoms with Crippen molar-refractivity contribution in [2.45, 2.75) is 100 Å². The van der Waals surface area contributed by atoms with Gasteiger partial charge < -0.3 is 34.5 Å². The normalized spacial score (nSPS) is 22.1. The highest BCUT2D eigenvalue weighted by atomic mass is 32.2. The summed E-state index contributed by atoms with van der Waals surface area (Å²) in [5, 5.41) is 25.9. The van der Waals surface area contributed by atoms with Gasteiger partial charge in [0.15, 0.2) is 0 Å². The van der Waals surface area contributed by atoms with E-state index in [-0.39, 0.29) is 45.5 Å². The molecule has 19 heteroatoms. The molecule has 11 rings (SSSR count). The van der Waals surface area contributed by atoms with Crippen LogP contribution in [0.2, 0.25) is 0 Å². The van der Waals surface area contributed by atoms with Crippen molar-refractivity contribution in [1.82, 2.24) is 24.5 Å². The van der Waals surface area contributed by atoms with E-state index >= 15 is 0 Å². The molecule has 5 fully saturated rings. The molecule has 2 saturated carbocycles.